The summed E-state index contributed by atoms with van der Waals surface area (Å²) < 4.78 is 3.61. The second-order valence-electron chi connectivity index (χ2n) is 6.36. The van der Waals surface area contributed by atoms with Gasteiger partial charge in [0.05, 0.1) is 11.9 Å². The average molecular weight is 353 g/mol. The fraction of sp³-hybridized carbons (Fsp3) is 0.0476. The maximum absolute atomic E-state index is 12.6. The van der Waals surface area contributed by atoms with Crippen LogP contribution in [-0.4, -0.2) is 23.9 Å². The molecule has 0 N–H and O–H groups in total. The Morgan fingerprint density at radius 1 is 0.852 bits per heavy atom. The predicted molar refractivity (Wildman–Crippen MR) is 104 cm³/mol. The standard InChI is InChI=1S/C21H15N5O/c27-21-18-2-1-9-23-20(18)24-14-26(21)12-15-3-5-16(6-4-15)17-7-8-19-22-10-11-25(19)13-17/h1-11,13-14H,12H2. The van der Waals surface area contributed by atoms with Crippen molar-refractivity contribution >= 4 is 16.7 Å². The van der Waals surface area contributed by atoms with E-state index in [1.54, 1.807) is 35.4 Å². The molecule has 0 fully saturated rings. The molecule has 0 amide bonds. The van der Waals surface area contributed by atoms with E-state index in [-0.39, 0.29) is 5.56 Å². The van der Waals surface area contributed by atoms with Gasteiger partial charge < -0.3 is 4.40 Å². The zero-order valence-corrected chi connectivity index (χ0v) is 14.4. The van der Waals surface area contributed by atoms with E-state index in [4.69, 9.17) is 0 Å². The Balaban J connectivity index is 1.45. The zero-order chi connectivity index (χ0) is 18.2. The van der Waals surface area contributed by atoms with E-state index in [1.165, 1.54) is 0 Å². The first-order chi connectivity index (χ1) is 13.3. The van der Waals surface area contributed by atoms with Crippen molar-refractivity contribution in [1.82, 2.24) is 23.9 Å². The Bertz CT molecular complexity index is 1320. The molecule has 0 unspecified atom stereocenters. The Morgan fingerprint density at radius 2 is 1.70 bits per heavy atom. The van der Waals surface area contributed by atoms with Gasteiger partial charge in [0.25, 0.3) is 5.56 Å². The minimum absolute atomic E-state index is 0.0808. The number of aromatic nitrogens is 5. The van der Waals surface area contributed by atoms with Crippen LogP contribution in [0, 0.1) is 0 Å². The summed E-state index contributed by atoms with van der Waals surface area (Å²) in [7, 11) is 0. The fourth-order valence-electron chi connectivity index (χ4n) is 3.20. The molecule has 0 aliphatic rings. The number of imidazole rings is 1. The van der Waals surface area contributed by atoms with Crippen molar-refractivity contribution in [3.05, 3.63) is 95.6 Å². The van der Waals surface area contributed by atoms with Crippen molar-refractivity contribution < 1.29 is 0 Å². The summed E-state index contributed by atoms with van der Waals surface area (Å²) in [6, 6.07) is 15.8. The summed E-state index contributed by atoms with van der Waals surface area (Å²) in [5.74, 6) is 0. The highest BCUT2D eigenvalue weighted by atomic mass is 16.1. The molecule has 0 saturated carbocycles. The van der Waals surface area contributed by atoms with E-state index < -0.39 is 0 Å². The number of rotatable bonds is 3. The molecule has 130 valence electrons. The van der Waals surface area contributed by atoms with E-state index in [9.17, 15) is 4.79 Å². The summed E-state index contributed by atoms with van der Waals surface area (Å²) in [4.78, 5) is 25.3. The van der Waals surface area contributed by atoms with Gasteiger partial charge in [-0.15, -0.1) is 0 Å². The van der Waals surface area contributed by atoms with Gasteiger partial charge in [-0.2, -0.15) is 0 Å². The predicted octanol–water partition coefficient (Wildman–Crippen LogP) is 3.15. The molecule has 0 atom stereocenters. The molecule has 6 nitrogen and oxygen atoms in total. The lowest BCUT2D eigenvalue weighted by atomic mass is 10.1. The largest absolute Gasteiger partial charge is 0.306 e. The van der Waals surface area contributed by atoms with E-state index in [0.717, 1.165) is 22.3 Å². The first-order valence-corrected chi connectivity index (χ1v) is 8.60. The van der Waals surface area contributed by atoms with Crippen LogP contribution in [0.15, 0.2) is 84.4 Å². The normalized spacial score (nSPS) is 11.3. The van der Waals surface area contributed by atoms with Crippen molar-refractivity contribution in [2.24, 2.45) is 0 Å². The molecule has 4 aromatic heterocycles. The van der Waals surface area contributed by atoms with Gasteiger partial charge in [0.1, 0.15) is 12.0 Å². The molecule has 27 heavy (non-hydrogen) atoms. The van der Waals surface area contributed by atoms with Crippen molar-refractivity contribution in [2.75, 3.05) is 0 Å². The second-order valence-corrected chi connectivity index (χ2v) is 6.36. The SMILES string of the molecule is O=c1c2cccnc2ncn1Cc1ccc(-c2ccc3nccn3c2)cc1. The molecule has 1 aromatic carbocycles. The molecular weight excluding hydrogens is 338 g/mol. The van der Waals surface area contributed by atoms with E-state index >= 15 is 0 Å². The molecule has 5 aromatic rings. The minimum Gasteiger partial charge on any atom is -0.306 e. The van der Waals surface area contributed by atoms with Gasteiger partial charge in [-0.05, 0) is 41.0 Å². The molecule has 0 aliphatic carbocycles. The van der Waals surface area contributed by atoms with Crippen molar-refractivity contribution in [2.45, 2.75) is 6.54 Å². The number of nitrogens with zero attached hydrogens (tertiary/aromatic N) is 5. The lowest BCUT2D eigenvalue weighted by Crippen LogP contribution is -2.21. The summed E-state index contributed by atoms with van der Waals surface area (Å²) in [6.45, 7) is 0.470. The minimum atomic E-state index is -0.0808. The van der Waals surface area contributed by atoms with Crippen LogP contribution in [0.5, 0.6) is 0 Å². The van der Waals surface area contributed by atoms with E-state index in [0.29, 0.717) is 17.6 Å². The molecular formula is C21H15N5O. The molecule has 0 saturated heterocycles. The Labute approximate surface area is 154 Å². The summed E-state index contributed by atoms with van der Waals surface area (Å²) >= 11 is 0. The Morgan fingerprint density at radius 3 is 2.59 bits per heavy atom. The van der Waals surface area contributed by atoms with E-state index in [2.05, 4.69) is 39.3 Å². The van der Waals surface area contributed by atoms with Crippen LogP contribution in [0.2, 0.25) is 0 Å². The number of hydrogen-bond acceptors (Lipinski definition) is 4. The quantitative estimate of drug-likeness (QED) is 0.500. The van der Waals surface area contributed by atoms with Crippen LogP contribution in [-0.2, 0) is 6.54 Å². The highest BCUT2D eigenvalue weighted by Crippen LogP contribution is 2.20. The van der Waals surface area contributed by atoms with Crippen LogP contribution in [0.1, 0.15) is 5.56 Å². The van der Waals surface area contributed by atoms with Gasteiger partial charge in [0.2, 0.25) is 0 Å². The van der Waals surface area contributed by atoms with Crippen molar-refractivity contribution in [1.29, 1.82) is 0 Å². The summed E-state index contributed by atoms with van der Waals surface area (Å²) in [6.07, 6.45) is 8.97. The number of hydrogen-bond donors (Lipinski definition) is 0. The Hall–Kier alpha value is -3.80. The van der Waals surface area contributed by atoms with Crippen LogP contribution in [0.3, 0.4) is 0 Å². The third-order valence-corrected chi connectivity index (χ3v) is 4.63. The first-order valence-electron chi connectivity index (χ1n) is 8.60. The number of fused-ring (bicyclic) bond motifs is 2. The maximum atomic E-state index is 12.6. The Kier molecular flexibility index (Phi) is 3.53. The smallest absolute Gasteiger partial charge is 0.263 e. The number of pyridine rings is 2. The van der Waals surface area contributed by atoms with Crippen LogP contribution >= 0.6 is 0 Å². The molecule has 0 aliphatic heterocycles. The molecule has 6 heteroatoms. The van der Waals surface area contributed by atoms with Gasteiger partial charge in [0.15, 0.2) is 5.65 Å². The highest BCUT2D eigenvalue weighted by molar-refractivity contribution is 5.72. The van der Waals surface area contributed by atoms with Crippen molar-refractivity contribution in [3.8, 4) is 11.1 Å². The van der Waals surface area contributed by atoms with Gasteiger partial charge in [-0.25, -0.2) is 15.0 Å². The van der Waals surface area contributed by atoms with E-state index in [1.807, 2.05) is 28.8 Å². The monoisotopic (exact) mass is 353 g/mol. The molecule has 4 heterocycles. The van der Waals surface area contributed by atoms with Gasteiger partial charge in [-0.3, -0.25) is 9.36 Å². The van der Waals surface area contributed by atoms with Gasteiger partial charge >= 0.3 is 0 Å². The topological polar surface area (TPSA) is 65.1 Å². The summed E-state index contributed by atoms with van der Waals surface area (Å²) in [5.41, 5.74) is 4.58. The third-order valence-electron chi connectivity index (χ3n) is 4.63. The lowest BCUT2D eigenvalue weighted by molar-refractivity contribution is 0.747. The van der Waals surface area contributed by atoms with Gasteiger partial charge in [-0.1, -0.05) is 24.3 Å². The molecule has 0 radical (unpaired) electrons. The van der Waals surface area contributed by atoms with Crippen molar-refractivity contribution in [3.63, 3.8) is 0 Å². The first kappa shape index (κ1) is 15.5. The molecule has 0 spiro atoms. The summed E-state index contributed by atoms with van der Waals surface area (Å²) in [5, 5.41) is 0.533. The van der Waals surface area contributed by atoms with Crippen LogP contribution < -0.4 is 5.56 Å². The number of benzene rings is 1. The molecule has 0 bridgehead atoms. The maximum Gasteiger partial charge on any atom is 0.263 e. The van der Waals surface area contributed by atoms with Crippen LogP contribution in [0.25, 0.3) is 27.8 Å². The lowest BCUT2D eigenvalue weighted by Gasteiger charge is -2.08. The zero-order valence-electron chi connectivity index (χ0n) is 14.4. The average Bonchev–Trinajstić information content (AvgIpc) is 3.19. The van der Waals surface area contributed by atoms with Gasteiger partial charge in [0, 0.05) is 24.8 Å². The molecule has 5 rings (SSSR count). The third kappa shape index (κ3) is 2.77. The second kappa shape index (κ2) is 6.17. The fourth-order valence-corrected chi connectivity index (χ4v) is 3.20. The highest BCUT2D eigenvalue weighted by Gasteiger charge is 2.06. The van der Waals surface area contributed by atoms with Crippen LogP contribution in [0.4, 0.5) is 0 Å².